The number of benzene rings is 1. The van der Waals surface area contributed by atoms with Crippen LogP contribution in [0.5, 0.6) is 0 Å². The molecule has 0 aliphatic carbocycles. The number of urea groups is 1. The van der Waals surface area contributed by atoms with E-state index in [9.17, 15) is 14.4 Å². The van der Waals surface area contributed by atoms with E-state index in [1.165, 1.54) is 20.3 Å². The summed E-state index contributed by atoms with van der Waals surface area (Å²) in [6.07, 6.45) is 1.28. The van der Waals surface area contributed by atoms with Crippen LogP contribution in [0.3, 0.4) is 0 Å². The molecule has 1 aromatic rings. The molecule has 0 unspecified atom stereocenters. The third-order valence-corrected chi connectivity index (χ3v) is 2.90. The van der Waals surface area contributed by atoms with Gasteiger partial charge in [-0.05, 0) is 12.1 Å². The van der Waals surface area contributed by atoms with Gasteiger partial charge in [-0.25, -0.2) is 4.79 Å². The average molecular weight is 259 g/mol. The van der Waals surface area contributed by atoms with Crippen molar-refractivity contribution in [2.45, 2.75) is 0 Å². The molecule has 19 heavy (non-hydrogen) atoms. The van der Waals surface area contributed by atoms with Gasteiger partial charge in [-0.1, -0.05) is 18.2 Å². The van der Waals surface area contributed by atoms with E-state index in [1.54, 1.807) is 24.3 Å². The highest BCUT2D eigenvalue weighted by Gasteiger charge is 2.41. The van der Waals surface area contributed by atoms with Crippen LogP contribution in [0.2, 0.25) is 0 Å². The van der Waals surface area contributed by atoms with Crippen molar-refractivity contribution in [1.82, 2.24) is 9.80 Å². The Morgan fingerprint density at radius 3 is 2.05 bits per heavy atom. The van der Waals surface area contributed by atoms with Crippen molar-refractivity contribution in [2.24, 2.45) is 10.9 Å². The summed E-state index contributed by atoms with van der Waals surface area (Å²) in [4.78, 5) is 41.2. The predicted octanol–water partition coefficient (Wildman–Crippen LogP) is 1.06. The third kappa shape index (κ3) is 2.37. The van der Waals surface area contributed by atoms with Crippen molar-refractivity contribution in [1.29, 1.82) is 0 Å². The van der Waals surface area contributed by atoms with Crippen molar-refractivity contribution in [2.75, 3.05) is 14.1 Å². The van der Waals surface area contributed by atoms with Gasteiger partial charge in [0.15, 0.2) is 5.92 Å². The summed E-state index contributed by atoms with van der Waals surface area (Å²) in [5, 5.41) is 0. The molecule has 0 aromatic heterocycles. The second-order valence-corrected chi connectivity index (χ2v) is 4.17. The lowest BCUT2D eigenvalue weighted by atomic mass is 10.1. The molecule has 4 amide bonds. The Morgan fingerprint density at radius 2 is 1.53 bits per heavy atom. The predicted molar refractivity (Wildman–Crippen MR) is 69.0 cm³/mol. The maximum absolute atomic E-state index is 11.9. The largest absolute Gasteiger partial charge is 0.332 e. The summed E-state index contributed by atoms with van der Waals surface area (Å²) in [7, 11) is 2.69. The van der Waals surface area contributed by atoms with Gasteiger partial charge in [-0.2, -0.15) is 0 Å². The highest BCUT2D eigenvalue weighted by atomic mass is 16.2. The van der Waals surface area contributed by atoms with Crippen LogP contribution in [0.15, 0.2) is 35.3 Å². The third-order valence-electron chi connectivity index (χ3n) is 2.90. The Labute approximate surface area is 110 Å². The first-order valence-electron chi connectivity index (χ1n) is 5.70. The summed E-state index contributed by atoms with van der Waals surface area (Å²) in [5.41, 5.74) is 0.644. The van der Waals surface area contributed by atoms with Crippen LogP contribution in [0.1, 0.15) is 0 Å². The number of amides is 4. The lowest BCUT2D eigenvalue weighted by molar-refractivity contribution is -0.144. The van der Waals surface area contributed by atoms with Gasteiger partial charge < -0.3 is 0 Å². The molecule has 0 spiro atoms. The van der Waals surface area contributed by atoms with Gasteiger partial charge in [0, 0.05) is 20.3 Å². The lowest BCUT2D eigenvalue weighted by Gasteiger charge is -2.31. The maximum atomic E-state index is 11.9. The van der Waals surface area contributed by atoms with Crippen LogP contribution in [0.4, 0.5) is 10.5 Å². The van der Waals surface area contributed by atoms with E-state index >= 15 is 0 Å². The summed E-state index contributed by atoms with van der Waals surface area (Å²) < 4.78 is 0. The molecule has 98 valence electrons. The summed E-state index contributed by atoms with van der Waals surface area (Å²) >= 11 is 0. The van der Waals surface area contributed by atoms with E-state index in [0.29, 0.717) is 5.69 Å². The second-order valence-electron chi connectivity index (χ2n) is 4.17. The van der Waals surface area contributed by atoms with Crippen molar-refractivity contribution < 1.29 is 14.4 Å². The van der Waals surface area contributed by atoms with Gasteiger partial charge in [0.25, 0.3) is 0 Å². The molecular formula is C13H13N3O3. The first-order valence-corrected chi connectivity index (χ1v) is 5.70. The fraction of sp³-hybridized carbons (Fsp3) is 0.231. The topological polar surface area (TPSA) is 70.1 Å². The number of barbiturate groups is 1. The van der Waals surface area contributed by atoms with E-state index in [-0.39, 0.29) is 0 Å². The highest BCUT2D eigenvalue weighted by molar-refractivity contribution is 6.23. The van der Waals surface area contributed by atoms with E-state index in [0.717, 1.165) is 9.80 Å². The van der Waals surface area contributed by atoms with E-state index in [4.69, 9.17) is 0 Å². The second kappa shape index (κ2) is 5.01. The zero-order valence-corrected chi connectivity index (χ0v) is 10.6. The zero-order chi connectivity index (χ0) is 14.0. The van der Waals surface area contributed by atoms with Gasteiger partial charge in [-0.3, -0.25) is 24.4 Å². The number of para-hydroxylation sites is 1. The molecule has 0 radical (unpaired) electrons. The molecule has 6 nitrogen and oxygen atoms in total. The van der Waals surface area contributed by atoms with Crippen LogP contribution >= 0.6 is 0 Å². The summed E-state index contributed by atoms with van der Waals surface area (Å²) in [6, 6.07) is 8.34. The van der Waals surface area contributed by atoms with E-state index < -0.39 is 23.8 Å². The van der Waals surface area contributed by atoms with Crippen molar-refractivity contribution >= 4 is 29.7 Å². The highest BCUT2D eigenvalue weighted by Crippen LogP contribution is 2.16. The van der Waals surface area contributed by atoms with Crippen LogP contribution in [-0.4, -0.2) is 48.0 Å². The number of carbonyl (C=O) groups excluding carboxylic acids is 3. The van der Waals surface area contributed by atoms with E-state index in [2.05, 4.69) is 4.99 Å². The standard InChI is InChI=1S/C13H13N3O3/c1-15-11(17)10(12(18)16(2)13(15)19)8-14-9-6-4-3-5-7-9/h3-8,10H,1-2H3. The Bertz CT molecular complexity index is 530. The SMILES string of the molecule is CN1C(=O)C(C=Nc2ccccc2)C(=O)N(C)C1=O. The molecule has 1 aliphatic heterocycles. The summed E-state index contributed by atoms with van der Waals surface area (Å²) in [6.45, 7) is 0. The molecule has 0 N–H and O–H groups in total. The lowest BCUT2D eigenvalue weighted by Crippen LogP contribution is -2.57. The first kappa shape index (κ1) is 12.9. The van der Waals surface area contributed by atoms with Gasteiger partial charge in [0.05, 0.1) is 5.69 Å². The van der Waals surface area contributed by atoms with E-state index in [1.807, 2.05) is 6.07 Å². The molecule has 0 bridgehead atoms. The minimum atomic E-state index is -1.05. The Kier molecular flexibility index (Phi) is 3.41. The maximum Gasteiger partial charge on any atom is 0.332 e. The molecule has 6 heteroatoms. The summed E-state index contributed by atoms with van der Waals surface area (Å²) in [5.74, 6) is -2.17. The molecule has 1 aliphatic rings. The monoisotopic (exact) mass is 259 g/mol. The number of aliphatic imine (C=N–C) groups is 1. The number of imide groups is 2. The Hall–Kier alpha value is -2.50. The fourth-order valence-corrected chi connectivity index (χ4v) is 1.74. The average Bonchev–Trinajstić information content (AvgIpc) is 2.44. The number of nitrogens with zero attached hydrogens (tertiary/aromatic N) is 3. The van der Waals surface area contributed by atoms with Crippen LogP contribution < -0.4 is 0 Å². The molecular weight excluding hydrogens is 246 g/mol. The molecule has 1 heterocycles. The molecule has 1 saturated heterocycles. The number of hydrogen-bond acceptors (Lipinski definition) is 4. The normalized spacial score (nSPS) is 17.7. The minimum absolute atomic E-state index is 0.562. The Balaban J connectivity index is 2.24. The van der Waals surface area contributed by atoms with Gasteiger partial charge in [-0.15, -0.1) is 0 Å². The van der Waals surface area contributed by atoms with Crippen molar-refractivity contribution in [3.8, 4) is 0 Å². The molecule has 0 atom stereocenters. The van der Waals surface area contributed by atoms with Gasteiger partial charge >= 0.3 is 6.03 Å². The molecule has 1 aromatic carbocycles. The minimum Gasteiger partial charge on any atom is -0.273 e. The molecule has 2 rings (SSSR count). The quantitative estimate of drug-likeness (QED) is 0.589. The van der Waals surface area contributed by atoms with Crippen LogP contribution in [0, 0.1) is 5.92 Å². The molecule has 1 fully saturated rings. The number of carbonyl (C=O) groups is 3. The fourth-order valence-electron chi connectivity index (χ4n) is 1.74. The van der Waals surface area contributed by atoms with Crippen LogP contribution in [-0.2, 0) is 9.59 Å². The van der Waals surface area contributed by atoms with Gasteiger partial charge in [0.2, 0.25) is 11.8 Å². The molecule has 0 saturated carbocycles. The first-order chi connectivity index (χ1) is 9.02. The smallest absolute Gasteiger partial charge is 0.273 e. The number of rotatable bonds is 2. The van der Waals surface area contributed by atoms with Crippen molar-refractivity contribution in [3.63, 3.8) is 0 Å². The van der Waals surface area contributed by atoms with Crippen LogP contribution in [0.25, 0.3) is 0 Å². The van der Waals surface area contributed by atoms with Gasteiger partial charge in [0.1, 0.15) is 0 Å². The van der Waals surface area contributed by atoms with Crippen molar-refractivity contribution in [3.05, 3.63) is 30.3 Å². The zero-order valence-electron chi connectivity index (χ0n) is 10.6. The number of hydrogen-bond donors (Lipinski definition) is 0. The Morgan fingerprint density at radius 1 is 1.00 bits per heavy atom.